The predicted octanol–water partition coefficient (Wildman–Crippen LogP) is 4.94. The summed E-state index contributed by atoms with van der Waals surface area (Å²) in [6.45, 7) is 3.53. The summed E-state index contributed by atoms with van der Waals surface area (Å²) in [5.74, 6) is 0.353. The molecule has 2 aromatic carbocycles. The molecule has 2 aromatic rings. The molecule has 5 rings (SSSR count). The number of morpholine rings is 1. The summed E-state index contributed by atoms with van der Waals surface area (Å²) >= 11 is 0. The zero-order chi connectivity index (χ0) is 20.2. The van der Waals surface area contributed by atoms with E-state index in [0.717, 1.165) is 44.9 Å². The summed E-state index contributed by atoms with van der Waals surface area (Å²) in [4.78, 5) is 2.69. The van der Waals surface area contributed by atoms with E-state index in [1.807, 2.05) is 0 Å². The Morgan fingerprint density at radius 3 is 2.17 bits per heavy atom. The van der Waals surface area contributed by atoms with Crippen molar-refractivity contribution < 1.29 is 4.74 Å². The fourth-order valence-electron chi connectivity index (χ4n) is 5.68. The van der Waals surface area contributed by atoms with Gasteiger partial charge in [0.25, 0.3) is 0 Å². The van der Waals surface area contributed by atoms with Crippen LogP contribution in [0.3, 0.4) is 0 Å². The molecule has 0 radical (unpaired) electrons. The van der Waals surface area contributed by atoms with Gasteiger partial charge in [0.1, 0.15) is 0 Å². The zero-order valence-corrected chi connectivity index (χ0v) is 17.7. The lowest BCUT2D eigenvalue weighted by molar-refractivity contribution is -0.0163. The molecule has 3 aliphatic rings. The zero-order valence-electron chi connectivity index (χ0n) is 17.7. The Hall–Kier alpha value is -2.30. The van der Waals surface area contributed by atoms with E-state index in [0.29, 0.717) is 5.92 Å². The third-order valence-corrected chi connectivity index (χ3v) is 7.07. The molecule has 4 nitrogen and oxygen atoms in total. The Bertz CT molecular complexity index is 902. The molecule has 2 atom stereocenters. The average Bonchev–Trinajstić information content (AvgIpc) is 2.81. The first kappa shape index (κ1) is 19.7. The van der Waals surface area contributed by atoms with Gasteiger partial charge in [-0.15, -0.1) is 0 Å². The number of rotatable bonds is 3. The van der Waals surface area contributed by atoms with Crippen molar-refractivity contribution in [3.8, 4) is 0 Å². The van der Waals surface area contributed by atoms with Gasteiger partial charge < -0.3 is 4.74 Å². The van der Waals surface area contributed by atoms with Gasteiger partial charge in [0, 0.05) is 19.0 Å². The Balaban J connectivity index is 1.70. The third kappa shape index (κ3) is 3.52. The molecule has 0 spiro atoms. The van der Waals surface area contributed by atoms with E-state index in [1.54, 1.807) is 0 Å². The average molecular weight is 402 g/mol. The molecule has 0 aromatic heterocycles. The normalized spacial score (nSPS) is 27.9. The topological polar surface area (TPSA) is 37.2 Å². The molecule has 2 fully saturated rings. The van der Waals surface area contributed by atoms with Crippen LogP contribution < -0.4 is 0 Å². The van der Waals surface area contributed by atoms with Crippen molar-refractivity contribution in [3.05, 3.63) is 71.8 Å². The molecule has 30 heavy (non-hydrogen) atoms. The first-order valence-electron chi connectivity index (χ1n) is 11.5. The fraction of sp³-hybridized carbons (Fsp3) is 0.462. The highest BCUT2D eigenvalue weighted by Gasteiger charge is 2.52. The van der Waals surface area contributed by atoms with Gasteiger partial charge in [0.05, 0.1) is 30.2 Å². The fourth-order valence-corrected chi connectivity index (χ4v) is 5.68. The lowest BCUT2D eigenvalue weighted by Gasteiger charge is -2.53. The van der Waals surface area contributed by atoms with Crippen LogP contribution in [0.1, 0.15) is 49.7 Å². The molecule has 0 unspecified atom stereocenters. The molecular weight excluding hydrogens is 370 g/mol. The van der Waals surface area contributed by atoms with E-state index in [1.165, 1.54) is 42.5 Å². The maximum absolute atomic E-state index is 5.76. The SMILES string of the molecule is c1ccc(C2=NN=C(c3ccccc3)[C@]3(N4CCOCC4)CCCCCC[C@H]23)cc1. The number of ether oxygens (including phenoxy) is 1. The van der Waals surface area contributed by atoms with Gasteiger partial charge in [-0.1, -0.05) is 86.3 Å². The van der Waals surface area contributed by atoms with E-state index < -0.39 is 0 Å². The monoisotopic (exact) mass is 401 g/mol. The minimum Gasteiger partial charge on any atom is -0.379 e. The molecule has 0 amide bonds. The Morgan fingerprint density at radius 1 is 0.767 bits per heavy atom. The largest absolute Gasteiger partial charge is 0.379 e. The van der Waals surface area contributed by atoms with Crippen molar-refractivity contribution in [2.75, 3.05) is 26.3 Å². The lowest BCUT2D eigenvalue weighted by Crippen LogP contribution is -2.65. The lowest BCUT2D eigenvalue weighted by atomic mass is 9.66. The second-order valence-electron chi connectivity index (χ2n) is 8.70. The second kappa shape index (κ2) is 8.83. The second-order valence-corrected chi connectivity index (χ2v) is 8.70. The van der Waals surface area contributed by atoms with E-state index in [9.17, 15) is 0 Å². The van der Waals surface area contributed by atoms with Crippen molar-refractivity contribution in [1.29, 1.82) is 0 Å². The maximum atomic E-state index is 5.76. The molecule has 1 aliphatic carbocycles. The van der Waals surface area contributed by atoms with Gasteiger partial charge in [-0.2, -0.15) is 10.2 Å². The number of nitrogens with zero attached hydrogens (tertiary/aromatic N) is 3. The molecule has 1 saturated carbocycles. The summed E-state index contributed by atoms with van der Waals surface area (Å²) in [5.41, 5.74) is 4.65. The molecule has 1 saturated heterocycles. The molecule has 2 aliphatic heterocycles. The van der Waals surface area contributed by atoms with E-state index in [2.05, 4.69) is 65.6 Å². The molecule has 0 bridgehead atoms. The number of benzene rings is 2. The first-order valence-corrected chi connectivity index (χ1v) is 11.5. The highest BCUT2D eigenvalue weighted by Crippen LogP contribution is 2.44. The summed E-state index contributed by atoms with van der Waals surface area (Å²) in [5, 5.41) is 9.88. The van der Waals surface area contributed by atoms with Crippen molar-refractivity contribution >= 4 is 11.4 Å². The van der Waals surface area contributed by atoms with Crippen molar-refractivity contribution in [3.63, 3.8) is 0 Å². The Labute approximate surface area is 179 Å². The molecule has 0 N–H and O–H groups in total. The summed E-state index contributed by atoms with van der Waals surface area (Å²) in [7, 11) is 0. The molecule has 2 heterocycles. The summed E-state index contributed by atoms with van der Waals surface area (Å²) in [6, 6.07) is 21.5. The van der Waals surface area contributed by atoms with Crippen LogP contribution in [-0.4, -0.2) is 48.2 Å². The Morgan fingerprint density at radius 2 is 1.43 bits per heavy atom. The summed E-state index contributed by atoms with van der Waals surface area (Å²) in [6.07, 6.45) is 7.41. The molecule has 4 heteroatoms. The third-order valence-electron chi connectivity index (χ3n) is 7.07. The number of hydrogen-bond acceptors (Lipinski definition) is 4. The number of hydrogen-bond donors (Lipinski definition) is 0. The quantitative estimate of drug-likeness (QED) is 0.731. The predicted molar refractivity (Wildman–Crippen MR) is 122 cm³/mol. The van der Waals surface area contributed by atoms with Crippen LogP contribution >= 0.6 is 0 Å². The van der Waals surface area contributed by atoms with Crippen LogP contribution in [0.25, 0.3) is 0 Å². The smallest absolute Gasteiger partial charge is 0.0912 e. The van der Waals surface area contributed by atoms with Gasteiger partial charge in [0.15, 0.2) is 0 Å². The van der Waals surface area contributed by atoms with Crippen molar-refractivity contribution in [2.24, 2.45) is 16.1 Å². The first-order chi connectivity index (χ1) is 14.9. The molecule has 156 valence electrons. The minimum atomic E-state index is -0.113. The van der Waals surface area contributed by atoms with E-state index >= 15 is 0 Å². The minimum absolute atomic E-state index is 0.113. The van der Waals surface area contributed by atoms with Crippen LogP contribution in [0.2, 0.25) is 0 Å². The van der Waals surface area contributed by atoms with Crippen LogP contribution in [0, 0.1) is 5.92 Å². The highest BCUT2D eigenvalue weighted by atomic mass is 16.5. The molecular formula is C26H31N3O. The van der Waals surface area contributed by atoms with E-state index in [4.69, 9.17) is 14.9 Å². The van der Waals surface area contributed by atoms with E-state index in [-0.39, 0.29) is 5.54 Å². The number of fused-ring (bicyclic) bond motifs is 1. The van der Waals surface area contributed by atoms with Gasteiger partial charge in [-0.25, -0.2) is 0 Å². The Kier molecular flexibility index (Phi) is 5.78. The van der Waals surface area contributed by atoms with Gasteiger partial charge >= 0.3 is 0 Å². The van der Waals surface area contributed by atoms with Crippen LogP contribution in [-0.2, 0) is 4.74 Å². The van der Waals surface area contributed by atoms with Crippen molar-refractivity contribution in [2.45, 2.75) is 44.1 Å². The van der Waals surface area contributed by atoms with Gasteiger partial charge in [-0.05, 0) is 24.0 Å². The summed E-state index contributed by atoms with van der Waals surface area (Å²) < 4.78 is 5.76. The van der Waals surface area contributed by atoms with Gasteiger partial charge in [-0.3, -0.25) is 4.90 Å². The highest BCUT2D eigenvalue weighted by molar-refractivity contribution is 6.15. The van der Waals surface area contributed by atoms with Crippen LogP contribution in [0.5, 0.6) is 0 Å². The van der Waals surface area contributed by atoms with Gasteiger partial charge in [0.2, 0.25) is 0 Å². The van der Waals surface area contributed by atoms with Crippen LogP contribution in [0.15, 0.2) is 70.9 Å². The standard InChI is InChI=1S/C26H31N3O/c1-2-10-16-26(29-17-19-30-20-18-29)23(15-9-1)24(21-11-5-3-6-12-21)27-28-25(26)22-13-7-4-8-14-22/h3-8,11-14,23H,1-2,9-10,15-20H2/t23-,26+/m1/s1. The van der Waals surface area contributed by atoms with Crippen molar-refractivity contribution in [1.82, 2.24) is 4.90 Å². The van der Waals surface area contributed by atoms with Crippen LogP contribution in [0.4, 0.5) is 0 Å². The maximum Gasteiger partial charge on any atom is 0.0912 e.